The first kappa shape index (κ1) is 12.4. The number of hydrogen-bond donors (Lipinski definition) is 0. The Morgan fingerprint density at radius 3 is 2.68 bits per heavy atom. The van der Waals surface area contributed by atoms with E-state index in [4.69, 9.17) is 11.6 Å². The first-order valence-corrected chi connectivity index (χ1v) is 6.81. The van der Waals surface area contributed by atoms with Crippen LogP contribution in [0.4, 0.5) is 0 Å². The summed E-state index contributed by atoms with van der Waals surface area (Å²) >= 11 is 5.96. The molecule has 2 aromatic rings. The van der Waals surface area contributed by atoms with E-state index in [0.717, 1.165) is 30.4 Å². The zero-order valence-corrected chi connectivity index (χ0v) is 11.2. The van der Waals surface area contributed by atoms with E-state index in [1.54, 1.807) is 6.07 Å². The zero-order chi connectivity index (χ0) is 13.2. The van der Waals surface area contributed by atoms with Gasteiger partial charge in [-0.2, -0.15) is 0 Å². The van der Waals surface area contributed by atoms with E-state index in [1.165, 1.54) is 5.56 Å². The number of halogens is 1. The van der Waals surface area contributed by atoms with Gasteiger partial charge >= 0.3 is 0 Å². The van der Waals surface area contributed by atoms with Crippen molar-refractivity contribution in [2.24, 2.45) is 0 Å². The van der Waals surface area contributed by atoms with Gasteiger partial charge in [-0.25, -0.2) is 4.98 Å². The highest BCUT2D eigenvalue weighted by Gasteiger charge is 2.28. The molecule has 3 rings (SSSR count). The number of carbonyl (C=O) groups is 1. The highest BCUT2D eigenvalue weighted by molar-refractivity contribution is 6.29. The summed E-state index contributed by atoms with van der Waals surface area (Å²) in [6.45, 7) is 0. The fraction of sp³-hybridized carbons (Fsp3) is 0.250. The van der Waals surface area contributed by atoms with Crippen LogP contribution in [0.25, 0.3) is 0 Å². The van der Waals surface area contributed by atoms with Gasteiger partial charge < -0.3 is 4.79 Å². The Morgan fingerprint density at radius 1 is 1.16 bits per heavy atom. The summed E-state index contributed by atoms with van der Waals surface area (Å²) in [6, 6.07) is 14.0. The maximum atomic E-state index is 11.3. The Kier molecular flexibility index (Phi) is 3.34. The molecule has 1 aliphatic rings. The molecule has 0 saturated heterocycles. The number of nitrogens with zero attached hydrogens (tertiary/aromatic N) is 1. The molecule has 0 spiro atoms. The van der Waals surface area contributed by atoms with E-state index in [1.807, 2.05) is 24.3 Å². The molecule has 1 heterocycles. The highest BCUT2D eigenvalue weighted by Crippen LogP contribution is 2.38. The third-order valence-electron chi connectivity index (χ3n) is 3.79. The number of carbonyl (C=O) groups excluding carboxylic acids is 1. The van der Waals surface area contributed by atoms with Crippen molar-refractivity contribution in [1.29, 1.82) is 0 Å². The number of hydrogen-bond acceptors (Lipinski definition) is 2. The van der Waals surface area contributed by atoms with Gasteiger partial charge in [-0.05, 0) is 36.0 Å². The van der Waals surface area contributed by atoms with Gasteiger partial charge in [0.2, 0.25) is 0 Å². The number of rotatable bonds is 2. The van der Waals surface area contributed by atoms with Gasteiger partial charge in [0.25, 0.3) is 0 Å². The fourth-order valence-corrected chi connectivity index (χ4v) is 3.01. The number of pyridine rings is 1. The van der Waals surface area contributed by atoms with Crippen molar-refractivity contribution in [1.82, 2.24) is 4.98 Å². The quantitative estimate of drug-likeness (QED) is 0.615. The van der Waals surface area contributed by atoms with Crippen LogP contribution >= 0.6 is 11.6 Å². The van der Waals surface area contributed by atoms with Crippen molar-refractivity contribution in [2.45, 2.75) is 24.7 Å². The Hall–Kier alpha value is -1.67. The molecule has 19 heavy (non-hydrogen) atoms. The van der Waals surface area contributed by atoms with E-state index in [-0.39, 0.29) is 5.92 Å². The SMILES string of the molecule is O=CC1CC(c2ccccc2)Cc2nc(Cl)ccc21. The molecule has 0 aliphatic heterocycles. The minimum atomic E-state index is -0.0706. The maximum Gasteiger partial charge on any atom is 0.129 e. The van der Waals surface area contributed by atoms with Crippen LogP contribution in [0.2, 0.25) is 5.15 Å². The second-order valence-corrected chi connectivity index (χ2v) is 5.35. The van der Waals surface area contributed by atoms with E-state index < -0.39 is 0 Å². The third kappa shape index (κ3) is 2.41. The normalized spacial score (nSPS) is 21.7. The molecule has 96 valence electrons. The van der Waals surface area contributed by atoms with Crippen LogP contribution in [-0.2, 0) is 11.2 Å². The van der Waals surface area contributed by atoms with Crippen molar-refractivity contribution in [3.05, 3.63) is 64.4 Å². The molecule has 3 heteroatoms. The monoisotopic (exact) mass is 271 g/mol. The fourth-order valence-electron chi connectivity index (χ4n) is 2.84. The standard InChI is InChI=1S/C16H14ClNO/c17-16-7-6-14-13(10-19)8-12(9-15(14)18-16)11-4-2-1-3-5-11/h1-7,10,12-13H,8-9H2. The highest BCUT2D eigenvalue weighted by atomic mass is 35.5. The molecule has 2 atom stereocenters. The largest absolute Gasteiger partial charge is 0.303 e. The summed E-state index contributed by atoms with van der Waals surface area (Å²) in [6.07, 6.45) is 2.73. The Balaban J connectivity index is 1.99. The second kappa shape index (κ2) is 5.14. The lowest BCUT2D eigenvalue weighted by Gasteiger charge is -2.28. The maximum absolute atomic E-state index is 11.3. The average Bonchev–Trinajstić information content (AvgIpc) is 2.46. The molecular formula is C16H14ClNO. The third-order valence-corrected chi connectivity index (χ3v) is 4.00. The molecule has 0 saturated carbocycles. The van der Waals surface area contributed by atoms with Gasteiger partial charge in [0.1, 0.15) is 11.4 Å². The lowest BCUT2D eigenvalue weighted by atomic mass is 9.77. The predicted molar refractivity (Wildman–Crippen MR) is 75.6 cm³/mol. The Labute approximate surface area is 117 Å². The minimum Gasteiger partial charge on any atom is -0.303 e. The molecule has 1 aromatic heterocycles. The van der Waals surface area contributed by atoms with Crippen LogP contribution in [0.15, 0.2) is 42.5 Å². The molecule has 0 radical (unpaired) electrons. The van der Waals surface area contributed by atoms with Crippen molar-refractivity contribution < 1.29 is 4.79 Å². The average molecular weight is 272 g/mol. The molecule has 0 N–H and O–H groups in total. The van der Waals surface area contributed by atoms with Crippen LogP contribution in [0.5, 0.6) is 0 Å². The molecule has 0 amide bonds. The number of aldehydes is 1. The van der Waals surface area contributed by atoms with Gasteiger partial charge in [0, 0.05) is 11.6 Å². The summed E-state index contributed by atoms with van der Waals surface area (Å²) < 4.78 is 0. The Bertz CT molecular complexity index is 597. The molecular weight excluding hydrogens is 258 g/mol. The number of fused-ring (bicyclic) bond motifs is 1. The molecule has 2 unspecified atom stereocenters. The topological polar surface area (TPSA) is 30.0 Å². The first-order chi connectivity index (χ1) is 9.28. The Morgan fingerprint density at radius 2 is 1.95 bits per heavy atom. The second-order valence-electron chi connectivity index (χ2n) is 4.96. The minimum absolute atomic E-state index is 0.0706. The van der Waals surface area contributed by atoms with E-state index >= 15 is 0 Å². The summed E-state index contributed by atoms with van der Waals surface area (Å²) in [5.74, 6) is 0.272. The van der Waals surface area contributed by atoms with Crippen LogP contribution < -0.4 is 0 Å². The van der Waals surface area contributed by atoms with E-state index in [2.05, 4.69) is 17.1 Å². The van der Waals surface area contributed by atoms with E-state index in [0.29, 0.717) is 11.1 Å². The number of aromatic nitrogens is 1. The molecule has 0 bridgehead atoms. The summed E-state index contributed by atoms with van der Waals surface area (Å²) in [5.41, 5.74) is 3.26. The van der Waals surface area contributed by atoms with Crippen molar-refractivity contribution >= 4 is 17.9 Å². The summed E-state index contributed by atoms with van der Waals surface area (Å²) in [7, 11) is 0. The van der Waals surface area contributed by atoms with Crippen molar-refractivity contribution in [3.8, 4) is 0 Å². The summed E-state index contributed by atoms with van der Waals surface area (Å²) in [4.78, 5) is 15.7. The molecule has 1 aromatic carbocycles. The lowest BCUT2D eigenvalue weighted by Crippen LogP contribution is -2.19. The molecule has 0 fully saturated rings. The van der Waals surface area contributed by atoms with Gasteiger partial charge in [-0.1, -0.05) is 48.0 Å². The molecule has 2 nitrogen and oxygen atoms in total. The van der Waals surface area contributed by atoms with Crippen molar-refractivity contribution in [3.63, 3.8) is 0 Å². The van der Waals surface area contributed by atoms with Crippen LogP contribution in [0, 0.1) is 0 Å². The van der Waals surface area contributed by atoms with Crippen LogP contribution in [0.1, 0.15) is 35.1 Å². The smallest absolute Gasteiger partial charge is 0.129 e. The van der Waals surface area contributed by atoms with Gasteiger partial charge in [-0.3, -0.25) is 0 Å². The first-order valence-electron chi connectivity index (χ1n) is 6.43. The molecule has 1 aliphatic carbocycles. The van der Waals surface area contributed by atoms with E-state index in [9.17, 15) is 4.79 Å². The van der Waals surface area contributed by atoms with Crippen LogP contribution in [-0.4, -0.2) is 11.3 Å². The summed E-state index contributed by atoms with van der Waals surface area (Å²) in [5, 5.41) is 0.497. The lowest BCUT2D eigenvalue weighted by molar-refractivity contribution is -0.109. The van der Waals surface area contributed by atoms with Gasteiger partial charge in [0.05, 0.1) is 0 Å². The van der Waals surface area contributed by atoms with Gasteiger partial charge in [-0.15, -0.1) is 0 Å². The zero-order valence-electron chi connectivity index (χ0n) is 10.4. The van der Waals surface area contributed by atoms with Crippen LogP contribution in [0.3, 0.4) is 0 Å². The van der Waals surface area contributed by atoms with Gasteiger partial charge in [0.15, 0.2) is 0 Å². The van der Waals surface area contributed by atoms with Crippen molar-refractivity contribution in [2.75, 3.05) is 0 Å². The number of benzene rings is 1. The predicted octanol–water partition coefficient (Wildman–Crippen LogP) is 3.75.